The van der Waals surface area contributed by atoms with Gasteiger partial charge < -0.3 is 5.32 Å². The summed E-state index contributed by atoms with van der Waals surface area (Å²) >= 11 is 1.21. The van der Waals surface area contributed by atoms with E-state index in [4.69, 9.17) is 4.98 Å². The van der Waals surface area contributed by atoms with Crippen molar-refractivity contribution in [3.8, 4) is 22.5 Å². The van der Waals surface area contributed by atoms with Gasteiger partial charge in [0.25, 0.3) is 0 Å². The van der Waals surface area contributed by atoms with Crippen LogP contribution >= 0.6 is 11.8 Å². The number of nitrogens with zero attached hydrogens (tertiary/aromatic N) is 3. The molecule has 1 fully saturated rings. The van der Waals surface area contributed by atoms with Crippen LogP contribution in [0.4, 0.5) is 0 Å². The van der Waals surface area contributed by atoms with Crippen molar-refractivity contribution in [3.05, 3.63) is 59.7 Å². The molecule has 1 aliphatic rings. The van der Waals surface area contributed by atoms with Crippen LogP contribution in [0.15, 0.2) is 53.7 Å². The molecule has 2 atom stereocenters. The van der Waals surface area contributed by atoms with Crippen LogP contribution in [-0.4, -0.2) is 52.3 Å². The topological polar surface area (TPSA) is 102 Å². The normalized spacial score (nSPS) is 18.1. The van der Waals surface area contributed by atoms with E-state index in [2.05, 4.69) is 15.5 Å². The summed E-state index contributed by atoms with van der Waals surface area (Å²) in [7, 11) is -3.06. The maximum Gasteiger partial charge on any atom is 0.233 e. The highest BCUT2D eigenvalue weighted by Crippen LogP contribution is 2.31. The Morgan fingerprint density at radius 3 is 2.09 bits per heavy atom. The summed E-state index contributed by atoms with van der Waals surface area (Å²) in [6, 6.07) is 15.8. The molecular formula is C24H26N4O3S2. The average molecular weight is 483 g/mol. The molecule has 172 valence electrons. The van der Waals surface area contributed by atoms with E-state index in [1.165, 1.54) is 11.8 Å². The lowest BCUT2D eigenvalue weighted by Gasteiger charge is -2.15. The molecule has 0 spiro atoms. The first-order valence-electron chi connectivity index (χ1n) is 10.8. The van der Waals surface area contributed by atoms with Crippen LogP contribution in [-0.2, 0) is 14.6 Å². The molecule has 0 saturated carbocycles. The molecule has 0 bridgehead atoms. The minimum Gasteiger partial charge on any atom is -0.351 e. The van der Waals surface area contributed by atoms with Gasteiger partial charge in [-0.1, -0.05) is 71.4 Å². The van der Waals surface area contributed by atoms with Gasteiger partial charge in [0.1, 0.15) is 11.4 Å². The molecule has 7 nitrogen and oxygen atoms in total. The number of amides is 1. The number of nitrogens with one attached hydrogen (secondary N) is 1. The van der Waals surface area contributed by atoms with Crippen LogP contribution in [0.2, 0.25) is 0 Å². The zero-order chi connectivity index (χ0) is 23.6. The van der Waals surface area contributed by atoms with Crippen LogP contribution in [0.3, 0.4) is 0 Å². The first-order valence-corrected chi connectivity index (χ1v) is 13.5. The molecule has 2 aromatic carbocycles. The molecule has 1 aromatic heterocycles. The van der Waals surface area contributed by atoms with Gasteiger partial charge in [-0.2, -0.15) is 0 Å². The third kappa shape index (κ3) is 5.78. The van der Waals surface area contributed by atoms with E-state index in [0.717, 1.165) is 22.3 Å². The standard InChI is InChI=1S/C24H26N4O3S2/c1-15-4-8-18(9-5-15)21-22(19-10-6-16(2)7-11-19)27-28-24(26-21)32-17(3)23(29)25-20-12-13-33(30,31)14-20/h4-11,17,20H,12-14H2,1-3H3,(H,25,29)/t17-,20+/m1/s1. The number of hydrogen-bond donors (Lipinski definition) is 1. The van der Waals surface area contributed by atoms with Gasteiger partial charge in [-0.3, -0.25) is 4.79 Å². The number of rotatable bonds is 6. The Morgan fingerprint density at radius 2 is 1.55 bits per heavy atom. The summed E-state index contributed by atoms with van der Waals surface area (Å²) in [6.45, 7) is 5.81. The Kier molecular flexibility index (Phi) is 6.81. The van der Waals surface area contributed by atoms with Gasteiger partial charge in [0, 0.05) is 17.2 Å². The molecule has 1 aliphatic heterocycles. The molecule has 0 radical (unpaired) electrons. The molecule has 3 aromatic rings. The number of thioether (sulfide) groups is 1. The van der Waals surface area contributed by atoms with Gasteiger partial charge in [0.2, 0.25) is 11.1 Å². The minimum absolute atomic E-state index is 0.00298. The molecule has 9 heteroatoms. The highest BCUT2D eigenvalue weighted by molar-refractivity contribution is 8.00. The molecule has 0 aliphatic carbocycles. The fraction of sp³-hybridized carbons (Fsp3) is 0.333. The molecule has 2 heterocycles. The van der Waals surface area contributed by atoms with E-state index >= 15 is 0 Å². The highest BCUT2D eigenvalue weighted by atomic mass is 32.2. The second kappa shape index (κ2) is 9.61. The van der Waals surface area contributed by atoms with Gasteiger partial charge in [-0.25, -0.2) is 13.4 Å². The van der Waals surface area contributed by atoms with Gasteiger partial charge >= 0.3 is 0 Å². The summed E-state index contributed by atoms with van der Waals surface area (Å²) in [5.41, 5.74) is 5.51. The molecule has 1 N–H and O–H groups in total. The van der Waals surface area contributed by atoms with Crippen LogP contribution in [0.5, 0.6) is 0 Å². The van der Waals surface area contributed by atoms with Gasteiger partial charge in [0.05, 0.1) is 16.8 Å². The number of aromatic nitrogens is 3. The SMILES string of the molecule is Cc1ccc(-c2nnc(S[C@H](C)C(=O)N[C@H]3CCS(=O)(=O)C3)nc2-c2ccc(C)cc2)cc1. The fourth-order valence-electron chi connectivity index (χ4n) is 3.62. The average Bonchev–Trinajstić information content (AvgIpc) is 3.13. The first-order chi connectivity index (χ1) is 15.7. The minimum atomic E-state index is -3.06. The van der Waals surface area contributed by atoms with Gasteiger partial charge in [-0.15, -0.1) is 10.2 Å². The Bertz CT molecular complexity index is 1260. The van der Waals surface area contributed by atoms with E-state index in [1.54, 1.807) is 6.92 Å². The van der Waals surface area contributed by atoms with Crippen molar-refractivity contribution < 1.29 is 13.2 Å². The number of hydrogen-bond acceptors (Lipinski definition) is 7. The van der Waals surface area contributed by atoms with Gasteiger partial charge in [0.15, 0.2) is 9.84 Å². The van der Waals surface area contributed by atoms with E-state index < -0.39 is 15.1 Å². The van der Waals surface area contributed by atoms with E-state index in [-0.39, 0.29) is 23.5 Å². The van der Waals surface area contributed by atoms with Crippen molar-refractivity contribution in [1.82, 2.24) is 20.5 Å². The van der Waals surface area contributed by atoms with E-state index in [9.17, 15) is 13.2 Å². The van der Waals surface area contributed by atoms with Crippen LogP contribution in [0.1, 0.15) is 24.5 Å². The van der Waals surface area contributed by atoms with Gasteiger partial charge in [-0.05, 0) is 27.2 Å². The van der Waals surface area contributed by atoms with E-state index in [0.29, 0.717) is 23.0 Å². The zero-order valence-corrected chi connectivity index (χ0v) is 20.4. The Hall–Kier alpha value is -2.78. The lowest BCUT2D eigenvalue weighted by atomic mass is 10.0. The summed E-state index contributed by atoms with van der Waals surface area (Å²) in [5.74, 6) is -0.116. The Balaban J connectivity index is 1.58. The Morgan fingerprint density at radius 1 is 0.970 bits per heavy atom. The molecule has 0 unspecified atom stereocenters. The predicted octanol–water partition coefficient (Wildman–Crippen LogP) is 3.61. The number of benzene rings is 2. The maximum absolute atomic E-state index is 12.6. The number of carbonyl (C=O) groups excluding carboxylic acids is 1. The van der Waals surface area contributed by atoms with Crippen molar-refractivity contribution in [1.29, 1.82) is 0 Å². The highest BCUT2D eigenvalue weighted by Gasteiger charge is 2.30. The molecule has 1 saturated heterocycles. The van der Waals surface area contributed by atoms with Crippen molar-refractivity contribution in [3.63, 3.8) is 0 Å². The second-order valence-electron chi connectivity index (χ2n) is 8.39. The van der Waals surface area contributed by atoms with E-state index in [1.807, 2.05) is 62.4 Å². The predicted molar refractivity (Wildman–Crippen MR) is 131 cm³/mol. The third-order valence-electron chi connectivity index (χ3n) is 5.55. The number of aryl methyl sites for hydroxylation is 2. The third-order valence-corrected chi connectivity index (χ3v) is 8.27. The molecule has 33 heavy (non-hydrogen) atoms. The summed E-state index contributed by atoms with van der Waals surface area (Å²) in [5, 5.41) is 11.5. The summed E-state index contributed by atoms with van der Waals surface area (Å²) < 4.78 is 23.3. The maximum atomic E-state index is 12.6. The monoisotopic (exact) mass is 482 g/mol. The summed E-state index contributed by atoms with van der Waals surface area (Å²) in [6.07, 6.45) is 0.451. The Labute approximate surface area is 198 Å². The van der Waals surface area contributed by atoms with Crippen LogP contribution < -0.4 is 5.32 Å². The van der Waals surface area contributed by atoms with Crippen LogP contribution in [0.25, 0.3) is 22.5 Å². The largest absolute Gasteiger partial charge is 0.351 e. The second-order valence-corrected chi connectivity index (χ2v) is 11.9. The van der Waals surface area contributed by atoms with Crippen molar-refractivity contribution in [2.24, 2.45) is 0 Å². The smallest absolute Gasteiger partial charge is 0.233 e. The first kappa shape index (κ1) is 23.4. The fourth-order valence-corrected chi connectivity index (χ4v) is 6.02. The lowest BCUT2D eigenvalue weighted by Crippen LogP contribution is -2.40. The van der Waals surface area contributed by atoms with Crippen molar-refractivity contribution in [2.45, 2.75) is 43.6 Å². The van der Waals surface area contributed by atoms with Crippen LogP contribution in [0, 0.1) is 13.8 Å². The molecular weight excluding hydrogens is 456 g/mol. The molecule has 4 rings (SSSR count). The summed E-state index contributed by atoms with van der Waals surface area (Å²) in [4.78, 5) is 17.4. The van der Waals surface area contributed by atoms with Crippen molar-refractivity contribution in [2.75, 3.05) is 11.5 Å². The van der Waals surface area contributed by atoms with Crippen molar-refractivity contribution >= 4 is 27.5 Å². The lowest BCUT2D eigenvalue weighted by molar-refractivity contribution is -0.120. The number of carbonyl (C=O) groups is 1. The number of sulfone groups is 1. The zero-order valence-electron chi connectivity index (χ0n) is 18.8. The quantitative estimate of drug-likeness (QED) is 0.536. The molecule has 1 amide bonds.